The van der Waals surface area contributed by atoms with Gasteiger partial charge in [-0.05, 0) is 32.3 Å². The van der Waals surface area contributed by atoms with Crippen molar-refractivity contribution in [2.75, 3.05) is 0 Å². The van der Waals surface area contributed by atoms with Crippen LogP contribution in [0.15, 0.2) is 24.7 Å². The van der Waals surface area contributed by atoms with Gasteiger partial charge in [0, 0.05) is 41.6 Å². The van der Waals surface area contributed by atoms with Gasteiger partial charge in [-0.2, -0.15) is 0 Å². The molecule has 1 unspecified atom stereocenters. The number of rotatable bonds is 4. The van der Waals surface area contributed by atoms with Crippen LogP contribution in [0.5, 0.6) is 0 Å². The molecule has 0 saturated heterocycles. The van der Waals surface area contributed by atoms with Gasteiger partial charge in [-0.1, -0.05) is 20.8 Å². The molecule has 6 heteroatoms. The highest BCUT2D eigenvalue weighted by Crippen LogP contribution is 2.31. The number of Topliss-reactive ketones (excluding diaryl/α,β-unsaturated/α-hetero) is 1. The number of fused-ring (bicyclic) bond motifs is 1. The molecule has 3 aromatic heterocycles. The Labute approximate surface area is 158 Å². The van der Waals surface area contributed by atoms with E-state index in [0.717, 1.165) is 23.1 Å². The second-order valence-electron chi connectivity index (χ2n) is 8.22. The fourth-order valence-electron chi connectivity index (χ4n) is 3.26. The third-order valence-electron chi connectivity index (χ3n) is 4.38. The topological polar surface area (TPSA) is 60.7 Å². The predicted octanol–water partition coefficient (Wildman–Crippen LogP) is 5.08. The quantitative estimate of drug-likeness (QED) is 0.603. The number of alkyl halides is 1. The van der Waals surface area contributed by atoms with E-state index in [1.165, 1.54) is 6.92 Å². The van der Waals surface area contributed by atoms with Crippen molar-refractivity contribution in [2.45, 2.75) is 54.3 Å². The molecular weight excluding hydrogens is 343 g/mol. The monoisotopic (exact) mass is 368 g/mol. The van der Waals surface area contributed by atoms with Gasteiger partial charge >= 0.3 is 0 Å². The van der Waals surface area contributed by atoms with Crippen LogP contribution in [0.3, 0.4) is 0 Å². The molecule has 0 aliphatic rings. The molecule has 3 aromatic rings. The van der Waals surface area contributed by atoms with E-state index in [0.29, 0.717) is 16.8 Å². The number of carbonyl (C=O) groups is 1. The van der Waals surface area contributed by atoms with Crippen LogP contribution in [0.25, 0.3) is 22.2 Å². The van der Waals surface area contributed by atoms with E-state index < -0.39 is 6.17 Å². The van der Waals surface area contributed by atoms with E-state index in [1.807, 2.05) is 19.2 Å². The molecule has 0 spiro atoms. The maximum atomic E-state index is 13.3. The van der Waals surface area contributed by atoms with Gasteiger partial charge in [-0.25, -0.2) is 14.4 Å². The average Bonchev–Trinajstić information content (AvgIpc) is 2.92. The number of pyridine rings is 1. The molecule has 0 radical (unpaired) electrons. The largest absolute Gasteiger partial charge is 0.345 e. The van der Waals surface area contributed by atoms with Gasteiger partial charge in [-0.15, -0.1) is 0 Å². The lowest BCUT2D eigenvalue weighted by molar-refractivity contribution is 0.101. The Morgan fingerprint density at radius 1 is 1.26 bits per heavy atom. The third-order valence-corrected chi connectivity index (χ3v) is 4.38. The fraction of sp³-hybridized carbons (Fsp3) is 0.429. The molecule has 142 valence electrons. The van der Waals surface area contributed by atoms with Crippen LogP contribution in [0.2, 0.25) is 0 Å². The second-order valence-corrected chi connectivity index (χ2v) is 8.22. The Balaban J connectivity index is 2.18. The van der Waals surface area contributed by atoms with E-state index >= 15 is 0 Å². The zero-order chi connectivity index (χ0) is 19.9. The van der Waals surface area contributed by atoms with Gasteiger partial charge in [0.2, 0.25) is 0 Å². The molecule has 0 aliphatic carbocycles. The number of ketones is 1. The van der Waals surface area contributed by atoms with Crippen molar-refractivity contribution in [1.29, 1.82) is 0 Å². The summed E-state index contributed by atoms with van der Waals surface area (Å²) >= 11 is 0. The van der Waals surface area contributed by atoms with Crippen LogP contribution in [0.1, 0.15) is 62.7 Å². The number of hydrogen-bond donors (Lipinski definition) is 0. The SMILES string of the molecule is CC(=O)c1cn(CC(C)(C)C)c2c(C)nc(-c3cnc(C(C)F)nc3)cc12. The third kappa shape index (κ3) is 3.89. The first-order valence-corrected chi connectivity index (χ1v) is 9.04. The summed E-state index contributed by atoms with van der Waals surface area (Å²) in [5.74, 6) is 0.166. The summed E-state index contributed by atoms with van der Waals surface area (Å²) in [6, 6.07) is 1.90. The Hall–Kier alpha value is -2.63. The van der Waals surface area contributed by atoms with Gasteiger partial charge in [0.05, 0.1) is 16.9 Å². The maximum Gasteiger partial charge on any atom is 0.162 e. The molecule has 0 N–H and O–H groups in total. The Morgan fingerprint density at radius 2 is 1.89 bits per heavy atom. The van der Waals surface area contributed by atoms with Crippen molar-refractivity contribution >= 4 is 16.7 Å². The highest BCUT2D eigenvalue weighted by molar-refractivity contribution is 6.08. The highest BCUT2D eigenvalue weighted by Gasteiger charge is 2.20. The van der Waals surface area contributed by atoms with Crippen molar-refractivity contribution in [2.24, 2.45) is 5.41 Å². The van der Waals surface area contributed by atoms with E-state index in [2.05, 4.69) is 35.3 Å². The second kappa shape index (κ2) is 6.83. The summed E-state index contributed by atoms with van der Waals surface area (Å²) in [6.45, 7) is 12.2. The van der Waals surface area contributed by atoms with Crippen LogP contribution in [0.4, 0.5) is 4.39 Å². The summed E-state index contributed by atoms with van der Waals surface area (Å²) in [4.78, 5) is 25.1. The molecule has 0 fully saturated rings. The van der Waals surface area contributed by atoms with Crippen LogP contribution >= 0.6 is 0 Å². The minimum atomic E-state index is -1.22. The number of carbonyl (C=O) groups excluding carboxylic acids is 1. The first-order valence-electron chi connectivity index (χ1n) is 9.04. The van der Waals surface area contributed by atoms with Crippen molar-refractivity contribution in [3.05, 3.63) is 41.7 Å². The minimum absolute atomic E-state index is 0.0158. The zero-order valence-corrected chi connectivity index (χ0v) is 16.7. The number of nitrogens with zero attached hydrogens (tertiary/aromatic N) is 4. The standard InChI is InChI=1S/C21H25FN4O/c1-12(22)20-23-8-15(9-24-20)18-7-16-17(14(3)27)10-26(11-21(4,5)6)19(16)13(2)25-18/h7-10,12H,11H2,1-6H3. The molecule has 0 amide bonds. The minimum Gasteiger partial charge on any atom is -0.345 e. The number of hydrogen-bond acceptors (Lipinski definition) is 4. The lowest BCUT2D eigenvalue weighted by Crippen LogP contribution is -2.15. The molecule has 5 nitrogen and oxygen atoms in total. The van der Waals surface area contributed by atoms with Gasteiger partial charge in [0.25, 0.3) is 0 Å². The first kappa shape index (κ1) is 19.1. The van der Waals surface area contributed by atoms with Gasteiger partial charge < -0.3 is 4.57 Å². The maximum absolute atomic E-state index is 13.3. The normalized spacial score (nSPS) is 13.1. The first-order chi connectivity index (χ1) is 12.6. The summed E-state index contributed by atoms with van der Waals surface area (Å²) < 4.78 is 15.5. The smallest absolute Gasteiger partial charge is 0.162 e. The van der Waals surface area contributed by atoms with E-state index in [4.69, 9.17) is 4.98 Å². The van der Waals surface area contributed by atoms with Gasteiger partial charge in [0.15, 0.2) is 17.8 Å². The lowest BCUT2D eigenvalue weighted by Gasteiger charge is -2.20. The van der Waals surface area contributed by atoms with Crippen molar-refractivity contribution in [1.82, 2.24) is 19.5 Å². The zero-order valence-electron chi connectivity index (χ0n) is 16.7. The Morgan fingerprint density at radius 3 is 2.41 bits per heavy atom. The summed E-state index contributed by atoms with van der Waals surface area (Å²) in [7, 11) is 0. The predicted molar refractivity (Wildman–Crippen MR) is 104 cm³/mol. The van der Waals surface area contributed by atoms with Crippen LogP contribution in [-0.2, 0) is 6.54 Å². The number of halogens is 1. The van der Waals surface area contributed by atoms with E-state index in [9.17, 15) is 9.18 Å². The lowest BCUT2D eigenvalue weighted by atomic mass is 9.97. The molecule has 1 atom stereocenters. The number of aryl methyl sites for hydroxylation is 1. The molecule has 3 heterocycles. The van der Waals surface area contributed by atoms with Crippen molar-refractivity contribution in [3.63, 3.8) is 0 Å². The molecule has 0 aliphatic heterocycles. The molecular formula is C21H25FN4O. The van der Waals surface area contributed by atoms with Crippen LogP contribution < -0.4 is 0 Å². The fourth-order valence-corrected chi connectivity index (χ4v) is 3.26. The summed E-state index contributed by atoms with van der Waals surface area (Å²) in [5.41, 5.74) is 3.92. The summed E-state index contributed by atoms with van der Waals surface area (Å²) in [5, 5.41) is 0.872. The van der Waals surface area contributed by atoms with Crippen LogP contribution in [-0.4, -0.2) is 25.3 Å². The Bertz CT molecular complexity index is 998. The van der Waals surface area contributed by atoms with Gasteiger partial charge in [0.1, 0.15) is 0 Å². The van der Waals surface area contributed by atoms with Crippen molar-refractivity contribution < 1.29 is 9.18 Å². The van der Waals surface area contributed by atoms with E-state index in [1.54, 1.807) is 19.3 Å². The number of aromatic nitrogens is 4. The van der Waals surface area contributed by atoms with Crippen molar-refractivity contribution in [3.8, 4) is 11.3 Å². The Kier molecular flexibility index (Phi) is 4.84. The molecule has 3 rings (SSSR count). The highest BCUT2D eigenvalue weighted by atomic mass is 19.1. The van der Waals surface area contributed by atoms with Gasteiger partial charge in [-0.3, -0.25) is 9.78 Å². The molecule has 0 aromatic carbocycles. The molecule has 0 saturated carbocycles. The van der Waals surface area contributed by atoms with Crippen LogP contribution in [0, 0.1) is 12.3 Å². The molecule has 0 bridgehead atoms. The summed E-state index contributed by atoms with van der Waals surface area (Å²) in [6.07, 6.45) is 3.85. The average molecular weight is 368 g/mol. The molecule has 27 heavy (non-hydrogen) atoms. The van der Waals surface area contributed by atoms with E-state index in [-0.39, 0.29) is 17.0 Å².